The topological polar surface area (TPSA) is 0 Å². The Morgan fingerprint density at radius 2 is 2.14 bits per heavy atom. The van der Waals surface area contributed by atoms with E-state index in [-0.39, 0.29) is 5.82 Å². The Kier molecular flexibility index (Phi) is 3.87. The highest BCUT2D eigenvalue weighted by atomic mass is 19.1. The molecule has 0 saturated heterocycles. The van der Waals surface area contributed by atoms with Gasteiger partial charge >= 0.3 is 0 Å². The van der Waals surface area contributed by atoms with E-state index in [9.17, 15) is 4.39 Å². The van der Waals surface area contributed by atoms with Crippen molar-refractivity contribution in [2.75, 3.05) is 0 Å². The summed E-state index contributed by atoms with van der Waals surface area (Å²) < 4.78 is 13.4. The molecule has 1 aromatic rings. The van der Waals surface area contributed by atoms with E-state index in [0.29, 0.717) is 0 Å². The molecule has 0 unspecified atom stereocenters. The van der Waals surface area contributed by atoms with Gasteiger partial charge in [-0.3, -0.25) is 0 Å². The maximum absolute atomic E-state index is 13.4. The highest BCUT2D eigenvalue weighted by Crippen LogP contribution is 2.17. The van der Waals surface area contributed by atoms with Crippen LogP contribution in [0.15, 0.2) is 30.4 Å². The summed E-state index contributed by atoms with van der Waals surface area (Å²) in [5.74, 6) is -0.0771. The van der Waals surface area contributed by atoms with Gasteiger partial charge in [-0.25, -0.2) is 4.39 Å². The van der Waals surface area contributed by atoms with Crippen LogP contribution in [-0.4, -0.2) is 0 Å². The molecule has 0 fully saturated rings. The van der Waals surface area contributed by atoms with E-state index < -0.39 is 0 Å². The van der Waals surface area contributed by atoms with Crippen LogP contribution in [0.1, 0.15) is 31.4 Å². The van der Waals surface area contributed by atoms with Crippen molar-refractivity contribution in [3.05, 3.63) is 47.3 Å². The van der Waals surface area contributed by atoms with E-state index in [1.807, 2.05) is 19.9 Å². The normalized spacial score (nSPS) is 10.2. The summed E-state index contributed by atoms with van der Waals surface area (Å²) in [4.78, 5) is 0. The maximum atomic E-state index is 13.4. The van der Waals surface area contributed by atoms with Gasteiger partial charge in [-0.2, -0.15) is 0 Å². The maximum Gasteiger partial charge on any atom is 0.126 e. The average molecular weight is 192 g/mol. The van der Waals surface area contributed by atoms with Crippen LogP contribution in [0.2, 0.25) is 0 Å². The molecule has 0 aliphatic carbocycles. The average Bonchev–Trinajstić information content (AvgIpc) is 2.14. The lowest BCUT2D eigenvalue weighted by atomic mass is 9.99. The molecule has 0 nitrogen and oxygen atoms in total. The van der Waals surface area contributed by atoms with Gasteiger partial charge in [0.1, 0.15) is 5.82 Å². The second-order valence-electron chi connectivity index (χ2n) is 3.69. The first-order chi connectivity index (χ1) is 6.65. The molecule has 0 aliphatic heterocycles. The predicted octanol–water partition coefficient (Wildman–Crippen LogP) is 3.90. The van der Waals surface area contributed by atoms with Crippen molar-refractivity contribution in [3.8, 4) is 0 Å². The Balaban J connectivity index is 2.85. The van der Waals surface area contributed by atoms with Crippen molar-refractivity contribution in [2.45, 2.75) is 33.1 Å². The summed E-state index contributed by atoms with van der Waals surface area (Å²) in [6.07, 6.45) is 2.60. The van der Waals surface area contributed by atoms with Gasteiger partial charge < -0.3 is 0 Å². The molecule has 1 aromatic carbocycles. The summed E-state index contributed by atoms with van der Waals surface area (Å²) in [6, 6.07) is 5.32. The zero-order valence-corrected chi connectivity index (χ0v) is 8.94. The molecule has 14 heavy (non-hydrogen) atoms. The quantitative estimate of drug-likeness (QED) is 0.635. The Bertz CT molecular complexity index is 326. The van der Waals surface area contributed by atoms with Crippen LogP contribution < -0.4 is 0 Å². The molecule has 0 heterocycles. The Morgan fingerprint density at radius 3 is 2.71 bits per heavy atom. The Morgan fingerprint density at radius 1 is 1.43 bits per heavy atom. The lowest BCUT2D eigenvalue weighted by molar-refractivity contribution is 0.608. The van der Waals surface area contributed by atoms with Gasteiger partial charge in [0.05, 0.1) is 0 Å². The van der Waals surface area contributed by atoms with Crippen LogP contribution in [0.5, 0.6) is 0 Å². The number of rotatable bonds is 4. The molecule has 0 bridgehead atoms. The minimum absolute atomic E-state index is 0.0771. The van der Waals surface area contributed by atoms with Crippen LogP contribution in [0.3, 0.4) is 0 Å². The van der Waals surface area contributed by atoms with Gasteiger partial charge in [-0.05, 0) is 43.4 Å². The van der Waals surface area contributed by atoms with Gasteiger partial charge in [0.2, 0.25) is 0 Å². The van der Waals surface area contributed by atoms with Crippen LogP contribution in [-0.2, 0) is 12.8 Å². The van der Waals surface area contributed by atoms with E-state index >= 15 is 0 Å². The molecule has 0 aliphatic rings. The Hall–Kier alpha value is -1.11. The molecular weight excluding hydrogens is 175 g/mol. The van der Waals surface area contributed by atoms with E-state index in [1.54, 1.807) is 6.07 Å². The first-order valence-corrected chi connectivity index (χ1v) is 5.05. The van der Waals surface area contributed by atoms with Crippen LogP contribution in [0.4, 0.5) is 4.39 Å². The Labute approximate surface area is 85.5 Å². The molecule has 76 valence electrons. The van der Waals surface area contributed by atoms with E-state index in [1.165, 1.54) is 6.07 Å². The van der Waals surface area contributed by atoms with Gasteiger partial charge in [0.15, 0.2) is 0 Å². The first-order valence-electron chi connectivity index (χ1n) is 5.05. The fraction of sp³-hybridized carbons (Fsp3) is 0.385. The highest BCUT2D eigenvalue weighted by Gasteiger charge is 2.05. The predicted molar refractivity (Wildman–Crippen MR) is 58.9 cm³/mol. The molecule has 1 rings (SSSR count). The number of allylic oxidation sites excluding steroid dienone is 1. The number of hydrogen-bond donors (Lipinski definition) is 0. The standard InChI is InChI=1S/C13H17F/c1-4-12-11(9-8-10(2)3)6-5-7-13(12)14/h5-7H,2,4,8-9H2,1,3H3. The molecule has 1 heteroatoms. The lowest BCUT2D eigenvalue weighted by Gasteiger charge is -2.08. The number of aryl methyl sites for hydroxylation is 1. The highest BCUT2D eigenvalue weighted by molar-refractivity contribution is 5.29. The second kappa shape index (κ2) is 4.94. The van der Waals surface area contributed by atoms with Gasteiger partial charge in [-0.15, -0.1) is 6.58 Å². The van der Waals surface area contributed by atoms with Crippen molar-refractivity contribution < 1.29 is 4.39 Å². The van der Waals surface area contributed by atoms with Gasteiger partial charge in [0.25, 0.3) is 0 Å². The molecule has 0 radical (unpaired) electrons. The zero-order chi connectivity index (χ0) is 10.6. The first kappa shape index (κ1) is 11.0. The van der Waals surface area contributed by atoms with Crippen molar-refractivity contribution >= 4 is 0 Å². The van der Waals surface area contributed by atoms with E-state index in [2.05, 4.69) is 6.58 Å². The molecule has 0 atom stereocenters. The third kappa shape index (κ3) is 2.69. The summed E-state index contributed by atoms with van der Waals surface area (Å²) in [5, 5.41) is 0. The number of benzene rings is 1. The molecule has 0 amide bonds. The summed E-state index contributed by atoms with van der Waals surface area (Å²) in [5.41, 5.74) is 3.13. The van der Waals surface area contributed by atoms with Gasteiger partial charge in [-0.1, -0.05) is 24.6 Å². The largest absolute Gasteiger partial charge is 0.207 e. The molecule has 0 aromatic heterocycles. The number of hydrogen-bond acceptors (Lipinski definition) is 0. The fourth-order valence-corrected chi connectivity index (χ4v) is 1.58. The molecule has 0 N–H and O–H groups in total. The van der Waals surface area contributed by atoms with E-state index in [4.69, 9.17) is 0 Å². The van der Waals surface area contributed by atoms with Crippen LogP contribution >= 0.6 is 0 Å². The van der Waals surface area contributed by atoms with Crippen LogP contribution in [0.25, 0.3) is 0 Å². The third-order valence-electron chi connectivity index (χ3n) is 2.39. The summed E-state index contributed by atoms with van der Waals surface area (Å²) in [7, 11) is 0. The molecular formula is C13H17F. The molecule has 0 saturated carbocycles. The van der Waals surface area contributed by atoms with E-state index in [0.717, 1.165) is 36.0 Å². The monoisotopic (exact) mass is 192 g/mol. The van der Waals surface area contributed by atoms with Crippen molar-refractivity contribution in [3.63, 3.8) is 0 Å². The SMILES string of the molecule is C=C(C)CCc1cccc(F)c1CC. The van der Waals surface area contributed by atoms with Crippen molar-refractivity contribution in [2.24, 2.45) is 0 Å². The van der Waals surface area contributed by atoms with Crippen molar-refractivity contribution in [1.82, 2.24) is 0 Å². The summed E-state index contributed by atoms with van der Waals surface area (Å²) >= 11 is 0. The van der Waals surface area contributed by atoms with Crippen LogP contribution in [0, 0.1) is 5.82 Å². The second-order valence-corrected chi connectivity index (χ2v) is 3.69. The van der Waals surface area contributed by atoms with Gasteiger partial charge in [0, 0.05) is 0 Å². The zero-order valence-electron chi connectivity index (χ0n) is 8.94. The number of halogens is 1. The smallest absolute Gasteiger partial charge is 0.126 e. The molecule has 0 spiro atoms. The fourth-order valence-electron chi connectivity index (χ4n) is 1.58. The lowest BCUT2D eigenvalue weighted by Crippen LogP contribution is -1.97. The summed E-state index contributed by atoms with van der Waals surface area (Å²) in [6.45, 7) is 7.85. The minimum atomic E-state index is -0.0771. The minimum Gasteiger partial charge on any atom is -0.207 e. The third-order valence-corrected chi connectivity index (χ3v) is 2.39. The van der Waals surface area contributed by atoms with Crippen molar-refractivity contribution in [1.29, 1.82) is 0 Å².